The number of pyridine rings is 1. The summed E-state index contributed by atoms with van der Waals surface area (Å²) in [7, 11) is 0. The van der Waals surface area contributed by atoms with E-state index in [0.717, 1.165) is 16.6 Å². The van der Waals surface area contributed by atoms with Gasteiger partial charge < -0.3 is 14.5 Å². The number of aromatic amines is 1. The van der Waals surface area contributed by atoms with Crippen LogP contribution in [0.15, 0.2) is 60.9 Å². The molecule has 1 atom stereocenters. The molecule has 5 rings (SSSR count). The number of halogens is 2. The molecule has 3 heterocycles. The van der Waals surface area contributed by atoms with E-state index in [4.69, 9.17) is 16.3 Å². The van der Waals surface area contributed by atoms with Gasteiger partial charge in [0.05, 0.1) is 29.4 Å². The smallest absolute Gasteiger partial charge is 0.230 e. The second-order valence-electron chi connectivity index (χ2n) is 8.08. The number of carbonyl (C=O) groups excluding carboxylic acids is 1. The van der Waals surface area contributed by atoms with Crippen molar-refractivity contribution in [1.29, 1.82) is 0 Å². The number of anilines is 1. The molecular formula is C25H22ClFN5O2. The van der Waals surface area contributed by atoms with Crippen molar-refractivity contribution in [1.82, 2.24) is 20.1 Å². The number of ether oxygens (including phenoxy) is 1. The molecule has 1 amide bonds. The topological polar surface area (TPSA) is 74.3 Å². The summed E-state index contributed by atoms with van der Waals surface area (Å²) in [5.74, 6) is -0.0384. The van der Waals surface area contributed by atoms with Gasteiger partial charge in [-0.1, -0.05) is 29.8 Å². The second kappa shape index (κ2) is 9.30. The molecule has 2 aromatic heterocycles. The van der Waals surface area contributed by atoms with Crippen molar-refractivity contribution in [3.8, 4) is 11.5 Å². The average molecular weight is 479 g/mol. The summed E-state index contributed by atoms with van der Waals surface area (Å²) in [6.45, 7) is 6.30. The molecular weight excluding hydrogens is 457 g/mol. The van der Waals surface area contributed by atoms with Crippen LogP contribution in [-0.2, 0) is 4.79 Å². The number of fused-ring (bicyclic) bond motifs is 1. The third-order valence-corrected chi connectivity index (χ3v) is 6.17. The molecule has 2 aromatic carbocycles. The molecule has 1 radical (unpaired) electrons. The summed E-state index contributed by atoms with van der Waals surface area (Å²) < 4.78 is 19.7. The maximum absolute atomic E-state index is 13.7. The van der Waals surface area contributed by atoms with E-state index in [1.165, 1.54) is 12.1 Å². The van der Waals surface area contributed by atoms with Gasteiger partial charge in [0.2, 0.25) is 5.91 Å². The lowest BCUT2D eigenvalue weighted by molar-refractivity contribution is -0.132. The van der Waals surface area contributed by atoms with Crippen molar-refractivity contribution in [2.24, 2.45) is 0 Å². The van der Waals surface area contributed by atoms with Crippen molar-refractivity contribution in [2.45, 2.75) is 5.92 Å². The van der Waals surface area contributed by atoms with Crippen LogP contribution in [0, 0.1) is 12.7 Å². The Morgan fingerprint density at radius 2 is 1.88 bits per heavy atom. The maximum atomic E-state index is 13.7. The van der Waals surface area contributed by atoms with Gasteiger partial charge in [0, 0.05) is 37.3 Å². The van der Waals surface area contributed by atoms with Gasteiger partial charge >= 0.3 is 0 Å². The molecule has 4 aromatic rings. The van der Waals surface area contributed by atoms with Crippen molar-refractivity contribution in [2.75, 3.05) is 31.1 Å². The van der Waals surface area contributed by atoms with Gasteiger partial charge in [0.15, 0.2) is 11.4 Å². The summed E-state index contributed by atoms with van der Waals surface area (Å²) in [4.78, 5) is 21.4. The van der Waals surface area contributed by atoms with Gasteiger partial charge in [-0.3, -0.25) is 9.89 Å². The fraction of sp³-hybridized carbons (Fsp3) is 0.200. The van der Waals surface area contributed by atoms with Crippen LogP contribution in [0.4, 0.5) is 10.1 Å². The Hall–Kier alpha value is -3.65. The molecule has 0 spiro atoms. The molecule has 1 aliphatic heterocycles. The number of rotatable bonds is 5. The Morgan fingerprint density at radius 1 is 1.12 bits per heavy atom. The fourth-order valence-electron chi connectivity index (χ4n) is 4.13. The quantitative estimate of drug-likeness (QED) is 0.445. The Labute approximate surface area is 201 Å². The van der Waals surface area contributed by atoms with Gasteiger partial charge in [-0.25, -0.2) is 9.37 Å². The number of piperazine rings is 1. The minimum Gasteiger partial charge on any atom is -0.453 e. The number of carbonyl (C=O) groups is 1. The number of aromatic nitrogens is 3. The number of hydrogen-bond donors (Lipinski definition) is 1. The number of hydrogen-bond acceptors (Lipinski definition) is 5. The average Bonchev–Trinajstić information content (AvgIpc) is 3.33. The minimum atomic E-state index is -0.503. The number of amides is 1. The molecule has 0 aliphatic carbocycles. The Morgan fingerprint density at radius 3 is 2.62 bits per heavy atom. The van der Waals surface area contributed by atoms with Crippen molar-refractivity contribution >= 4 is 34.2 Å². The Bertz CT molecular complexity index is 1320. The summed E-state index contributed by atoms with van der Waals surface area (Å²) in [6.07, 6.45) is 3.30. The minimum absolute atomic E-state index is 0.0265. The first-order chi connectivity index (χ1) is 16.5. The second-order valence-corrected chi connectivity index (χ2v) is 8.52. The van der Waals surface area contributed by atoms with Crippen molar-refractivity contribution in [3.05, 3.63) is 84.3 Å². The van der Waals surface area contributed by atoms with Gasteiger partial charge in [-0.2, -0.15) is 5.10 Å². The van der Waals surface area contributed by atoms with Crippen LogP contribution in [0.3, 0.4) is 0 Å². The van der Waals surface area contributed by atoms with Crippen LogP contribution in [0.1, 0.15) is 11.5 Å². The van der Waals surface area contributed by atoms with Gasteiger partial charge in [-0.05, 0) is 36.8 Å². The lowest BCUT2D eigenvalue weighted by Gasteiger charge is -2.37. The highest BCUT2D eigenvalue weighted by Crippen LogP contribution is 2.38. The predicted octanol–water partition coefficient (Wildman–Crippen LogP) is 4.81. The third-order valence-electron chi connectivity index (χ3n) is 5.92. The van der Waals surface area contributed by atoms with E-state index in [0.29, 0.717) is 48.3 Å². The van der Waals surface area contributed by atoms with Crippen LogP contribution in [0.5, 0.6) is 11.5 Å². The molecule has 1 aliphatic rings. The molecule has 1 fully saturated rings. The molecule has 0 unspecified atom stereocenters. The fourth-order valence-corrected chi connectivity index (χ4v) is 4.26. The predicted molar refractivity (Wildman–Crippen MR) is 129 cm³/mol. The molecule has 1 N–H and O–H groups in total. The standard InChI is InChI=1S/C25H22ClFN5O2/c1-16(17-5-7-18(26)8-6-17)25(33)32-11-9-31(10-12-32)23-21-14-29-30-24(21)28-15-22(23)34-20-4-2-3-19(27)13-20/h2-8,13-16H,1,9-12H2,(H,28,29,30)/t16-/m0/s1. The van der Waals surface area contributed by atoms with Crippen LogP contribution < -0.4 is 9.64 Å². The lowest BCUT2D eigenvalue weighted by atomic mass is 9.99. The van der Waals surface area contributed by atoms with E-state index < -0.39 is 5.92 Å². The molecule has 0 saturated carbocycles. The number of nitrogens with zero attached hydrogens (tertiary/aromatic N) is 4. The zero-order valence-corrected chi connectivity index (χ0v) is 19.0. The van der Waals surface area contributed by atoms with Gasteiger partial charge in [0.1, 0.15) is 11.6 Å². The molecule has 9 heteroatoms. The molecule has 0 bridgehead atoms. The summed E-state index contributed by atoms with van der Waals surface area (Å²) in [5, 5.41) is 8.41. The van der Waals surface area contributed by atoms with E-state index in [2.05, 4.69) is 27.0 Å². The van der Waals surface area contributed by atoms with E-state index in [-0.39, 0.29) is 11.7 Å². The zero-order chi connectivity index (χ0) is 23.7. The third kappa shape index (κ3) is 4.41. The highest BCUT2D eigenvalue weighted by molar-refractivity contribution is 6.30. The SMILES string of the molecule is [CH2][C@H](C(=O)N1CCN(c2c(Oc3cccc(F)c3)cnc3[nH]ncc23)CC1)c1ccc(Cl)cc1. The first-order valence-electron chi connectivity index (χ1n) is 10.9. The van der Waals surface area contributed by atoms with Gasteiger partial charge in [-0.15, -0.1) is 0 Å². The van der Waals surface area contributed by atoms with E-state index in [1.807, 2.05) is 17.0 Å². The van der Waals surface area contributed by atoms with E-state index >= 15 is 0 Å². The Balaban J connectivity index is 1.35. The molecule has 1 saturated heterocycles. The van der Waals surface area contributed by atoms with Crippen molar-refractivity contribution < 1.29 is 13.9 Å². The first kappa shape index (κ1) is 22.2. The summed E-state index contributed by atoms with van der Waals surface area (Å²) in [6, 6.07) is 13.2. The van der Waals surface area contributed by atoms with Crippen LogP contribution in [0.2, 0.25) is 5.02 Å². The van der Waals surface area contributed by atoms with Crippen LogP contribution in [0.25, 0.3) is 11.0 Å². The zero-order valence-electron chi connectivity index (χ0n) is 18.2. The molecule has 7 nitrogen and oxygen atoms in total. The Kier molecular flexibility index (Phi) is 6.06. The van der Waals surface area contributed by atoms with Crippen LogP contribution >= 0.6 is 11.6 Å². The number of H-pyrrole nitrogens is 1. The van der Waals surface area contributed by atoms with Crippen LogP contribution in [-0.4, -0.2) is 52.2 Å². The summed E-state index contributed by atoms with van der Waals surface area (Å²) in [5.41, 5.74) is 2.26. The highest BCUT2D eigenvalue weighted by Gasteiger charge is 2.28. The summed E-state index contributed by atoms with van der Waals surface area (Å²) >= 11 is 5.96. The highest BCUT2D eigenvalue weighted by atomic mass is 35.5. The maximum Gasteiger partial charge on any atom is 0.230 e. The monoisotopic (exact) mass is 478 g/mol. The van der Waals surface area contributed by atoms with E-state index in [1.54, 1.807) is 36.7 Å². The lowest BCUT2D eigenvalue weighted by Crippen LogP contribution is -2.50. The number of nitrogens with one attached hydrogen (secondary N) is 1. The van der Waals surface area contributed by atoms with Gasteiger partial charge in [0.25, 0.3) is 0 Å². The first-order valence-corrected chi connectivity index (χ1v) is 11.2. The van der Waals surface area contributed by atoms with E-state index in [9.17, 15) is 9.18 Å². The normalized spacial score (nSPS) is 14.9. The molecule has 34 heavy (non-hydrogen) atoms. The molecule has 173 valence electrons. The number of benzene rings is 2. The van der Waals surface area contributed by atoms with Crippen molar-refractivity contribution in [3.63, 3.8) is 0 Å². The largest absolute Gasteiger partial charge is 0.453 e.